The number of carbonyl (C=O) groups excluding carboxylic acids is 1. The first-order valence-corrected chi connectivity index (χ1v) is 25.2. The SMILES string of the molecule is C=CC(=O)N1CCN(c2nc(OC[C@@H]3C[C@H](N4CCN(Cc5ccc(-n6c(O)nnc6-c6cc(C(C)C)c(O)cc6O)cc5)CC4)CN3C)nc3c2CCN(c2cccc4cccc(Cl)c24)C3)C[C@@H]1CC#N. The van der Waals surface area contributed by atoms with Gasteiger partial charge in [0.05, 0.1) is 47.0 Å². The number of phenols is 2. The van der Waals surface area contributed by atoms with E-state index in [9.17, 15) is 25.4 Å². The van der Waals surface area contributed by atoms with E-state index in [0.29, 0.717) is 73.1 Å². The molecule has 0 aliphatic carbocycles. The summed E-state index contributed by atoms with van der Waals surface area (Å²) in [6.45, 7) is 16.3. The number of hydrogen-bond acceptors (Lipinski definition) is 15. The number of carbonyl (C=O) groups is 1. The molecular formula is C54H61ClN12O5. The second kappa shape index (κ2) is 20.6. The summed E-state index contributed by atoms with van der Waals surface area (Å²) in [7, 11) is 2.17. The Labute approximate surface area is 424 Å². The van der Waals surface area contributed by atoms with Gasteiger partial charge < -0.3 is 34.8 Å². The number of phenolic OH excluding ortho intramolecular Hbond substituents is 2. The molecule has 3 N–H and O–H groups in total. The van der Waals surface area contributed by atoms with E-state index in [-0.39, 0.29) is 53.7 Å². The van der Waals surface area contributed by atoms with Gasteiger partial charge in [-0.3, -0.25) is 19.5 Å². The van der Waals surface area contributed by atoms with Gasteiger partial charge in [-0.05, 0) is 78.7 Å². The van der Waals surface area contributed by atoms with Crippen LogP contribution >= 0.6 is 11.6 Å². The quantitative estimate of drug-likeness (QED) is 0.104. The van der Waals surface area contributed by atoms with Crippen LogP contribution in [0.15, 0.2) is 85.5 Å². The molecule has 4 aromatic carbocycles. The molecule has 17 nitrogen and oxygen atoms in total. The molecule has 0 radical (unpaired) electrons. The number of aromatic nitrogens is 5. The lowest BCUT2D eigenvalue weighted by Gasteiger charge is -2.42. The van der Waals surface area contributed by atoms with Gasteiger partial charge in [0, 0.05) is 100 Å². The van der Waals surface area contributed by atoms with Gasteiger partial charge in [0.15, 0.2) is 5.82 Å². The summed E-state index contributed by atoms with van der Waals surface area (Å²) < 4.78 is 8.12. The Balaban J connectivity index is 0.792. The van der Waals surface area contributed by atoms with Crippen LogP contribution in [-0.2, 0) is 24.3 Å². The second-order valence-corrected chi connectivity index (χ2v) is 20.2. The van der Waals surface area contributed by atoms with Gasteiger partial charge in [-0.2, -0.15) is 15.2 Å². The highest BCUT2D eigenvalue weighted by Crippen LogP contribution is 2.40. The Morgan fingerprint density at radius 3 is 2.44 bits per heavy atom. The smallest absolute Gasteiger partial charge is 0.319 e. The fourth-order valence-corrected chi connectivity index (χ4v) is 11.4. The molecule has 18 heteroatoms. The zero-order chi connectivity index (χ0) is 50.2. The fourth-order valence-electron chi connectivity index (χ4n) is 11.1. The van der Waals surface area contributed by atoms with E-state index in [0.717, 1.165) is 91.3 Å². The lowest BCUT2D eigenvalue weighted by molar-refractivity contribution is -0.128. The molecule has 0 bridgehead atoms. The van der Waals surface area contributed by atoms with Crippen molar-refractivity contribution in [3.05, 3.63) is 113 Å². The van der Waals surface area contributed by atoms with Crippen molar-refractivity contribution in [1.82, 2.24) is 44.3 Å². The average molecular weight is 994 g/mol. The molecule has 3 saturated heterocycles. The highest BCUT2D eigenvalue weighted by molar-refractivity contribution is 6.36. The van der Waals surface area contributed by atoms with Gasteiger partial charge in [0.1, 0.15) is 23.9 Å². The molecule has 4 aliphatic rings. The van der Waals surface area contributed by atoms with E-state index in [4.69, 9.17) is 26.3 Å². The molecule has 0 unspecified atom stereocenters. The second-order valence-electron chi connectivity index (χ2n) is 19.8. The number of nitriles is 1. The van der Waals surface area contributed by atoms with Crippen LogP contribution in [0.5, 0.6) is 23.5 Å². The van der Waals surface area contributed by atoms with E-state index in [2.05, 4.69) is 78.7 Å². The number of hydrogen-bond donors (Lipinski definition) is 3. The van der Waals surface area contributed by atoms with Crippen molar-refractivity contribution in [2.75, 3.05) is 82.4 Å². The van der Waals surface area contributed by atoms with Crippen molar-refractivity contribution in [3.63, 3.8) is 0 Å². The average Bonchev–Trinajstić information content (AvgIpc) is 3.96. The Bertz CT molecular complexity index is 3020. The third-order valence-electron chi connectivity index (χ3n) is 15.0. The summed E-state index contributed by atoms with van der Waals surface area (Å²) >= 11 is 6.82. The van der Waals surface area contributed by atoms with Gasteiger partial charge >= 0.3 is 12.0 Å². The van der Waals surface area contributed by atoms with Crippen LogP contribution in [0.2, 0.25) is 5.02 Å². The molecule has 2 aromatic heterocycles. The van der Waals surface area contributed by atoms with E-state index in [1.165, 1.54) is 16.7 Å². The maximum Gasteiger partial charge on any atom is 0.319 e. The molecule has 3 atom stereocenters. The number of benzene rings is 4. The molecular weight excluding hydrogens is 932 g/mol. The van der Waals surface area contributed by atoms with Crippen molar-refractivity contribution < 1.29 is 24.9 Å². The van der Waals surface area contributed by atoms with Gasteiger partial charge in [-0.1, -0.05) is 73.5 Å². The van der Waals surface area contributed by atoms with Crippen LogP contribution in [0, 0.1) is 11.3 Å². The number of rotatable bonds is 13. The first-order chi connectivity index (χ1) is 34.9. The highest BCUT2D eigenvalue weighted by atomic mass is 35.5. The molecule has 0 saturated carbocycles. The number of nitrogens with zero attached hydrogens (tertiary/aromatic N) is 12. The number of fused-ring (bicyclic) bond motifs is 2. The monoisotopic (exact) mass is 992 g/mol. The van der Waals surface area contributed by atoms with E-state index >= 15 is 0 Å². The molecule has 6 aromatic rings. The minimum absolute atomic E-state index is 0.00174. The standard InChI is InChI=1S/C54H61ClN12O5/c1-5-49(70)66-25-24-65(31-38(66)16-18-56)51-41-17-19-64(46-11-7-9-36-8-6-10-44(55)50(36)46)32-45(41)57-53(58-51)72-33-40-26-39(30-61(40)4)63-22-20-62(21-23-63)29-35-12-14-37(15-13-35)67-52(59-60-54(67)71)43-27-42(34(2)3)47(68)28-48(43)69/h5-15,27-28,34,38-40,68-69H,1,16-17,19-26,29-33H2,2-4H3,(H,60,71)/t38-,39-,40-/m0/s1. The first-order valence-electron chi connectivity index (χ1n) is 24.8. The molecule has 4 aliphatic heterocycles. The third-order valence-corrected chi connectivity index (χ3v) is 15.3. The number of likely N-dealkylation sites (N-methyl/N-ethyl adjacent to an activating group) is 1. The topological polar surface area (TPSA) is 187 Å². The van der Waals surface area contributed by atoms with Crippen LogP contribution in [0.4, 0.5) is 11.5 Å². The van der Waals surface area contributed by atoms with Crippen molar-refractivity contribution in [2.45, 2.75) is 70.2 Å². The molecule has 6 heterocycles. The molecule has 1 amide bonds. The zero-order valence-electron chi connectivity index (χ0n) is 41.0. The molecule has 3 fully saturated rings. The minimum Gasteiger partial charge on any atom is -0.508 e. The summed E-state index contributed by atoms with van der Waals surface area (Å²) in [5.41, 5.74) is 5.83. The highest BCUT2D eigenvalue weighted by Gasteiger charge is 2.37. The van der Waals surface area contributed by atoms with Gasteiger partial charge in [-0.25, -0.2) is 4.57 Å². The Morgan fingerprint density at radius 2 is 1.69 bits per heavy atom. The number of aromatic hydroxyl groups is 3. The van der Waals surface area contributed by atoms with Crippen LogP contribution in [0.1, 0.15) is 55.0 Å². The van der Waals surface area contributed by atoms with Crippen molar-refractivity contribution in [2.24, 2.45) is 0 Å². The number of halogens is 1. The predicted molar refractivity (Wildman–Crippen MR) is 277 cm³/mol. The van der Waals surface area contributed by atoms with Gasteiger partial charge in [0.25, 0.3) is 0 Å². The van der Waals surface area contributed by atoms with E-state index in [1.807, 2.05) is 50.2 Å². The Morgan fingerprint density at radius 1 is 0.917 bits per heavy atom. The Hall–Kier alpha value is -6.97. The number of anilines is 2. The summed E-state index contributed by atoms with van der Waals surface area (Å²) in [5, 5.41) is 52.6. The predicted octanol–water partition coefficient (Wildman–Crippen LogP) is 6.72. The number of likely N-dealkylation sites (tertiary alicyclic amines) is 1. The molecule has 72 heavy (non-hydrogen) atoms. The van der Waals surface area contributed by atoms with Crippen molar-refractivity contribution in [1.29, 1.82) is 5.26 Å². The molecule has 10 rings (SSSR count). The van der Waals surface area contributed by atoms with Crippen LogP contribution in [-0.4, -0.2) is 156 Å². The number of piperazine rings is 2. The van der Waals surface area contributed by atoms with Gasteiger partial charge in [-0.15, -0.1) is 5.10 Å². The summed E-state index contributed by atoms with van der Waals surface area (Å²) in [4.78, 5) is 36.8. The maximum atomic E-state index is 12.8. The van der Waals surface area contributed by atoms with E-state index < -0.39 is 0 Å². The maximum absolute atomic E-state index is 12.8. The minimum atomic E-state index is -0.300. The van der Waals surface area contributed by atoms with Crippen LogP contribution in [0.25, 0.3) is 27.8 Å². The normalized spacial score (nSPS) is 20.0. The lowest BCUT2D eigenvalue weighted by atomic mass is 9.98. The zero-order valence-corrected chi connectivity index (χ0v) is 41.8. The fraction of sp³-hybridized carbons (Fsp3) is 0.407. The van der Waals surface area contributed by atoms with Crippen LogP contribution < -0.4 is 14.5 Å². The summed E-state index contributed by atoms with van der Waals surface area (Å²) in [6.07, 6.45) is 3.19. The lowest BCUT2D eigenvalue weighted by Crippen LogP contribution is -2.55. The van der Waals surface area contributed by atoms with Crippen LogP contribution in [0.3, 0.4) is 0 Å². The third kappa shape index (κ3) is 9.71. The number of ether oxygens (including phenoxy) is 1. The van der Waals surface area contributed by atoms with Crippen molar-refractivity contribution >= 4 is 39.8 Å². The molecule has 0 spiro atoms. The Kier molecular flexibility index (Phi) is 13.9. The summed E-state index contributed by atoms with van der Waals surface area (Å²) in [6, 6.07) is 25.7. The summed E-state index contributed by atoms with van der Waals surface area (Å²) in [5.74, 6) is 0.763. The largest absolute Gasteiger partial charge is 0.508 e. The first kappa shape index (κ1) is 48.6. The number of amides is 1. The van der Waals surface area contributed by atoms with Crippen molar-refractivity contribution in [3.8, 4) is 46.7 Å². The molecule has 374 valence electrons. The van der Waals surface area contributed by atoms with E-state index in [1.54, 1.807) is 11.0 Å². The van der Waals surface area contributed by atoms with Gasteiger partial charge in [0.2, 0.25) is 5.91 Å².